The maximum absolute atomic E-state index is 2.46. The molecule has 0 N–H and O–H groups in total. The summed E-state index contributed by atoms with van der Waals surface area (Å²) in [5.41, 5.74) is 5.85. The molecule has 0 bridgehead atoms. The van der Waals surface area contributed by atoms with Gasteiger partial charge in [-0.15, -0.1) is 0 Å². The predicted octanol–water partition coefficient (Wildman–Crippen LogP) is 8.16. The van der Waals surface area contributed by atoms with Crippen LogP contribution in [0.2, 0.25) is 0 Å². The van der Waals surface area contributed by atoms with E-state index in [0.29, 0.717) is 29.6 Å². The second-order valence-electron chi connectivity index (χ2n) is 9.04. The highest BCUT2D eigenvalue weighted by Gasteiger charge is 2.45. The van der Waals surface area contributed by atoms with E-state index in [2.05, 4.69) is 128 Å². The van der Waals surface area contributed by atoms with Gasteiger partial charge in [0.25, 0.3) is 0 Å². The molecule has 0 radical (unpaired) electrons. The van der Waals surface area contributed by atoms with Gasteiger partial charge in [0, 0.05) is 0 Å². The first-order valence-corrected chi connectivity index (χ1v) is 11.5. The van der Waals surface area contributed by atoms with Crippen LogP contribution in [0.3, 0.4) is 0 Å². The lowest BCUT2D eigenvalue weighted by Gasteiger charge is -2.48. The van der Waals surface area contributed by atoms with Gasteiger partial charge in [0.2, 0.25) is 0 Å². The van der Waals surface area contributed by atoms with Crippen molar-refractivity contribution in [2.45, 2.75) is 37.0 Å². The molecule has 5 rings (SSSR count). The fraction of sp³-hybridized carbons (Fsp3) is 0.226. The Hall–Kier alpha value is -3.12. The van der Waals surface area contributed by atoms with E-state index < -0.39 is 0 Å². The molecule has 0 heteroatoms. The van der Waals surface area contributed by atoms with Crippen LogP contribution in [0.25, 0.3) is 0 Å². The van der Waals surface area contributed by atoms with Crippen molar-refractivity contribution in [3.05, 3.63) is 144 Å². The summed E-state index contributed by atoms with van der Waals surface area (Å²) in [5, 5.41) is 0. The van der Waals surface area contributed by atoms with E-state index in [1.807, 2.05) is 0 Å². The van der Waals surface area contributed by atoms with Crippen LogP contribution < -0.4 is 0 Å². The minimum absolute atomic E-state index is 0.431. The van der Waals surface area contributed by atoms with Gasteiger partial charge in [-0.05, 0) is 58.3 Å². The Balaban J connectivity index is 1.71. The van der Waals surface area contributed by atoms with Gasteiger partial charge in [-0.2, -0.15) is 0 Å². The van der Waals surface area contributed by atoms with Gasteiger partial charge in [-0.1, -0.05) is 128 Å². The first kappa shape index (κ1) is 19.8. The molecule has 0 spiro atoms. The van der Waals surface area contributed by atoms with E-state index in [0.717, 1.165) is 0 Å². The summed E-state index contributed by atoms with van der Waals surface area (Å²) in [7, 11) is 0. The van der Waals surface area contributed by atoms with Gasteiger partial charge < -0.3 is 0 Å². The molecule has 31 heavy (non-hydrogen) atoms. The molecule has 1 aliphatic carbocycles. The van der Waals surface area contributed by atoms with Gasteiger partial charge in [0.1, 0.15) is 0 Å². The summed E-state index contributed by atoms with van der Waals surface area (Å²) >= 11 is 0. The molecule has 0 heterocycles. The summed E-state index contributed by atoms with van der Waals surface area (Å²) in [5.74, 6) is 2.46. The Morgan fingerprint density at radius 1 is 0.419 bits per heavy atom. The molecule has 4 aromatic carbocycles. The van der Waals surface area contributed by atoms with Crippen LogP contribution in [0.4, 0.5) is 0 Å². The van der Waals surface area contributed by atoms with Crippen molar-refractivity contribution >= 4 is 0 Å². The Bertz CT molecular complexity index is 1070. The first-order valence-electron chi connectivity index (χ1n) is 11.5. The molecule has 4 aromatic rings. The minimum Gasteiger partial charge on any atom is -0.0622 e. The first-order chi connectivity index (χ1) is 15.3. The fourth-order valence-electron chi connectivity index (χ4n) is 5.98. The average Bonchev–Trinajstić information content (AvgIpc) is 2.85. The average molecular weight is 403 g/mol. The van der Waals surface area contributed by atoms with Crippen molar-refractivity contribution in [1.82, 2.24) is 0 Å². The van der Waals surface area contributed by atoms with Gasteiger partial charge in [0.15, 0.2) is 0 Å². The monoisotopic (exact) mass is 402 g/mol. The van der Waals surface area contributed by atoms with Crippen molar-refractivity contribution < 1.29 is 0 Å². The summed E-state index contributed by atoms with van der Waals surface area (Å²) in [6.45, 7) is 2.46. The zero-order valence-electron chi connectivity index (χ0n) is 18.1. The topological polar surface area (TPSA) is 0 Å². The third kappa shape index (κ3) is 3.95. The molecule has 0 aliphatic heterocycles. The molecule has 1 saturated carbocycles. The number of benzene rings is 4. The van der Waals surface area contributed by atoms with Crippen molar-refractivity contribution in [3.8, 4) is 0 Å². The highest BCUT2D eigenvalue weighted by Crippen LogP contribution is 2.59. The predicted molar refractivity (Wildman–Crippen MR) is 131 cm³/mol. The van der Waals surface area contributed by atoms with E-state index in [4.69, 9.17) is 0 Å². The lowest BCUT2D eigenvalue weighted by Crippen LogP contribution is -2.34. The van der Waals surface area contributed by atoms with Gasteiger partial charge >= 0.3 is 0 Å². The maximum atomic E-state index is 2.46. The Kier molecular flexibility index (Phi) is 5.71. The fourth-order valence-corrected chi connectivity index (χ4v) is 5.98. The van der Waals surface area contributed by atoms with Crippen LogP contribution in [0.15, 0.2) is 121 Å². The summed E-state index contributed by atoms with van der Waals surface area (Å²) in [4.78, 5) is 0. The standard InChI is InChI=1S/C31H30/c1-23-22-28(24-14-6-2-7-15-24)30(26-18-10-4-11-19-26)31(27-20-12-5-13-21-27)29(23)25-16-8-3-9-17-25/h2-21,23,28-31H,22H2,1H3/t23-,28+,29-,30-,31+/m0/s1. The van der Waals surface area contributed by atoms with E-state index in [-0.39, 0.29) is 0 Å². The molecule has 154 valence electrons. The quantitative estimate of drug-likeness (QED) is 0.323. The molecule has 0 unspecified atom stereocenters. The highest BCUT2D eigenvalue weighted by molar-refractivity contribution is 5.40. The highest BCUT2D eigenvalue weighted by atomic mass is 14.5. The lowest BCUT2D eigenvalue weighted by atomic mass is 9.56. The largest absolute Gasteiger partial charge is 0.0622 e. The molecule has 1 fully saturated rings. The van der Waals surface area contributed by atoms with Crippen LogP contribution in [0.1, 0.15) is 59.3 Å². The number of rotatable bonds is 4. The van der Waals surface area contributed by atoms with Gasteiger partial charge in [0.05, 0.1) is 0 Å². The molecule has 0 nitrogen and oxygen atoms in total. The second-order valence-corrected chi connectivity index (χ2v) is 9.04. The number of hydrogen-bond donors (Lipinski definition) is 0. The molecule has 0 aromatic heterocycles. The third-order valence-electron chi connectivity index (χ3n) is 7.23. The lowest BCUT2D eigenvalue weighted by molar-refractivity contribution is 0.227. The van der Waals surface area contributed by atoms with E-state index in [1.165, 1.54) is 28.7 Å². The molecular formula is C31H30. The summed E-state index contributed by atoms with van der Waals surface area (Å²) < 4.78 is 0. The van der Waals surface area contributed by atoms with Crippen molar-refractivity contribution in [2.75, 3.05) is 0 Å². The van der Waals surface area contributed by atoms with E-state index in [1.54, 1.807) is 0 Å². The van der Waals surface area contributed by atoms with Crippen molar-refractivity contribution in [1.29, 1.82) is 0 Å². The summed E-state index contributed by atoms with van der Waals surface area (Å²) in [6, 6.07) is 44.9. The molecular weight excluding hydrogens is 372 g/mol. The van der Waals surface area contributed by atoms with Crippen molar-refractivity contribution in [2.24, 2.45) is 5.92 Å². The Morgan fingerprint density at radius 2 is 0.774 bits per heavy atom. The zero-order chi connectivity index (χ0) is 21.0. The SMILES string of the molecule is C[C@H]1C[C@H](c2ccccc2)[C@H](c2ccccc2)[C@H](c2ccccc2)[C@@H]1c1ccccc1. The smallest absolute Gasteiger partial charge is 0.00158 e. The van der Waals surface area contributed by atoms with Crippen LogP contribution in [-0.2, 0) is 0 Å². The minimum atomic E-state index is 0.431. The van der Waals surface area contributed by atoms with E-state index >= 15 is 0 Å². The summed E-state index contributed by atoms with van der Waals surface area (Å²) in [6.07, 6.45) is 1.20. The second kappa shape index (κ2) is 8.94. The van der Waals surface area contributed by atoms with Crippen LogP contribution in [0, 0.1) is 5.92 Å². The molecule has 0 amide bonds. The maximum Gasteiger partial charge on any atom is -0.00158 e. The van der Waals surface area contributed by atoms with Gasteiger partial charge in [-0.25, -0.2) is 0 Å². The number of hydrogen-bond acceptors (Lipinski definition) is 0. The normalized spacial score (nSPS) is 25.8. The van der Waals surface area contributed by atoms with Crippen LogP contribution in [-0.4, -0.2) is 0 Å². The van der Waals surface area contributed by atoms with Crippen LogP contribution in [0.5, 0.6) is 0 Å². The van der Waals surface area contributed by atoms with Gasteiger partial charge in [-0.3, -0.25) is 0 Å². The van der Waals surface area contributed by atoms with E-state index in [9.17, 15) is 0 Å². The van der Waals surface area contributed by atoms with Crippen LogP contribution >= 0.6 is 0 Å². The molecule has 1 aliphatic rings. The molecule has 0 saturated heterocycles. The molecule has 5 atom stereocenters. The van der Waals surface area contributed by atoms with Crippen molar-refractivity contribution in [3.63, 3.8) is 0 Å². The third-order valence-corrected chi connectivity index (χ3v) is 7.23. The zero-order valence-corrected chi connectivity index (χ0v) is 18.1. The Labute approximate surface area is 186 Å². The Morgan fingerprint density at radius 3 is 1.23 bits per heavy atom.